The molecule has 2 rings (SSSR count). The molecule has 7 nitrogen and oxygen atoms in total. The summed E-state index contributed by atoms with van der Waals surface area (Å²) in [6.45, 7) is 2.23. The van der Waals surface area contributed by atoms with Gasteiger partial charge in [-0.05, 0) is 55.0 Å². The maximum Gasteiger partial charge on any atom is 0.312 e. The Hall–Kier alpha value is -2.84. The van der Waals surface area contributed by atoms with E-state index in [9.17, 15) is 19.5 Å². The number of amides is 1. The minimum atomic E-state index is -1.20. The first-order chi connectivity index (χ1) is 18.3. The fourth-order valence-corrected chi connectivity index (χ4v) is 5.51. The molecule has 0 aliphatic carbocycles. The number of aryl methyl sites for hydroxylation is 1. The van der Waals surface area contributed by atoms with Crippen LogP contribution in [0.4, 0.5) is 5.69 Å². The zero-order valence-corrected chi connectivity index (χ0v) is 23.0. The normalized spacial score (nSPS) is 12.6. The number of hydrogen-bond acceptors (Lipinski definition) is 5. The van der Waals surface area contributed by atoms with Crippen LogP contribution < -0.4 is 5.32 Å². The fraction of sp³-hybridized carbons (Fsp3) is 0.500. The van der Waals surface area contributed by atoms with Gasteiger partial charge in [0.25, 0.3) is 0 Å². The average Bonchev–Trinajstić information content (AvgIpc) is 2.86. The van der Waals surface area contributed by atoms with E-state index in [1.807, 2.05) is 18.2 Å². The number of carboxylic acid groups (broad SMARTS) is 2. The quantitative estimate of drug-likeness (QED) is 0.0868. The van der Waals surface area contributed by atoms with Crippen molar-refractivity contribution in [2.75, 3.05) is 5.32 Å². The highest BCUT2D eigenvalue weighted by Crippen LogP contribution is 2.40. The topological polar surface area (TPSA) is 124 Å². The Morgan fingerprint density at radius 1 is 0.868 bits per heavy atom. The first kappa shape index (κ1) is 31.4. The average molecular weight is 544 g/mol. The van der Waals surface area contributed by atoms with Crippen LogP contribution in [-0.4, -0.2) is 39.3 Å². The van der Waals surface area contributed by atoms with E-state index in [2.05, 4.69) is 24.4 Å². The van der Waals surface area contributed by atoms with Gasteiger partial charge in [-0.15, -0.1) is 11.8 Å². The number of rotatable bonds is 19. The van der Waals surface area contributed by atoms with E-state index in [1.54, 1.807) is 18.2 Å². The lowest BCUT2D eigenvalue weighted by molar-refractivity contribution is -0.140. The number of carboxylic acids is 2. The third-order valence-electron chi connectivity index (χ3n) is 6.31. The zero-order chi connectivity index (χ0) is 27.8. The van der Waals surface area contributed by atoms with Gasteiger partial charge in [0, 0.05) is 17.0 Å². The van der Waals surface area contributed by atoms with Crippen molar-refractivity contribution in [3.05, 3.63) is 59.7 Å². The Balaban J connectivity index is 2.07. The summed E-state index contributed by atoms with van der Waals surface area (Å²) in [6, 6.07) is 15.3. The summed E-state index contributed by atoms with van der Waals surface area (Å²) in [4.78, 5) is 34.4. The van der Waals surface area contributed by atoms with Gasteiger partial charge in [-0.3, -0.25) is 14.4 Å². The van der Waals surface area contributed by atoms with Crippen molar-refractivity contribution in [1.29, 1.82) is 0 Å². The van der Waals surface area contributed by atoms with Crippen molar-refractivity contribution >= 4 is 35.3 Å². The summed E-state index contributed by atoms with van der Waals surface area (Å²) in [7, 11) is 0. The van der Waals surface area contributed by atoms with Crippen LogP contribution in [0.3, 0.4) is 0 Å². The smallest absolute Gasteiger partial charge is 0.312 e. The van der Waals surface area contributed by atoms with Crippen molar-refractivity contribution in [2.24, 2.45) is 0 Å². The molecule has 2 unspecified atom stereocenters. The molecule has 0 aliphatic rings. The molecular formula is C30H41NO6S. The van der Waals surface area contributed by atoms with Crippen molar-refractivity contribution in [3.8, 4) is 0 Å². The molecule has 0 heterocycles. The number of aliphatic hydroxyl groups excluding tert-OH is 1. The molecule has 2 aromatic carbocycles. The van der Waals surface area contributed by atoms with Gasteiger partial charge >= 0.3 is 11.9 Å². The third kappa shape index (κ3) is 12.6. The number of anilines is 1. The van der Waals surface area contributed by atoms with Crippen LogP contribution in [0.15, 0.2) is 53.4 Å². The van der Waals surface area contributed by atoms with Gasteiger partial charge < -0.3 is 20.6 Å². The number of nitrogens with one attached hydrogen (secondary N) is 1. The predicted octanol–water partition coefficient (Wildman–Crippen LogP) is 6.84. The monoisotopic (exact) mass is 543 g/mol. The molecule has 0 spiro atoms. The van der Waals surface area contributed by atoms with Crippen molar-refractivity contribution < 1.29 is 29.7 Å². The second kappa shape index (κ2) is 17.6. The summed E-state index contributed by atoms with van der Waals surface area (Å²) >= 11 is 1.44. The lowest BCUT2D eigenvalue weighted by Crippen LogP contribution is -2.17. The van der Waals surface area contributed by atoms with Crippen LogP contribution in [0.2, 0.25) is 0 Å². The molecule has 0 radical (unpaired) electrons. The standard InChI is InChI=1S/C30H41NO6S/c1-2-3-4-5-6-7-8-11-22-16-18-23(19-17-22)30(26(32)14-10-15-28(34)35)38-25-13-9-12-24(20-25)31-27(33)21-29(36)37/h9,12-13,16-20,26,30,32H,2-8,10-11,14-15,21H2,1H3,(H,31,33)(H,34,35)(H,36,37). The first-order valence-electron chi connectivity index (χ1n) is 13.6. The zero-order valence-electron chi connectivity index (χ0n) is 22.2. The summed E-state index contributed by atoms with van der Waals surface area (Å²) < 4.78 is 0. The molecule has 208 valence electrons. The molecule has 0 fully saturated rings. The van der Waals surface area contributed by atoms with Gasteiger partial charge in [-0.2, -0.15) is 0 Å². The van der Waals surface area contributed by atoms with E-state index in [-0.39, 0.29) is 11.7 Å². The number of carbonyl (C=O) groups excluding carboxylic acids is 1. The van der Waals surface area contributed by atoms with Crippen LogP contribution in [0.5, 0.6) is 0 Å². The van der Waals surface area contributed by atoms with Gasteiger partial charge in [-0.1, -0.05) is 75.8 Å². The number of carbonyl (C=O) groups is 3. The molecule has 0 bridgehead atoms. The van der Waals surface area contributed by atoms with E-state index in [1.165, 1.54) is 55.9 Å². The van der Waals surface area contributed by atoms with Crippen molar-refractivity contribution in [2.45, 2.75) is 100 Å². The number of hydrogen-bond donors (Lipinski definition) is 4. The molecule has 0 saturated heterocycles. The largest absolute Gasteiger partial charge is 0.481 e. The summed E-state index contributed by atoms with van der Waals surface area (Å²) in [5, 5.41) is 31.1. The van der Waals surface area contributed by atoms with Crippen LogP contribution in [0, 0.1) is 0 Å². The van der Waals surface area contributed by atoms with Crippen LogP contribution in [0.25, 0.3) is 0 Å². The van der Waals surface area contributed by atoms with Crippen LogP contribution in [0.1, 0.15) is 93.9 Å². The van der Waals surface area contributed by atoms with Crippen LogP contribution >= 0.6 is 11.8 Å². The van der Waals surface area contributed by atoms with Gasteiger partial charge in [0.2, 0.25) is 5.91 Å². The summed E-state index contributed by atoms with van der Waals surface area (Å²) in [5.74, 6) is -2.70. The number of benzene rings is 2. The van der Waals surface area contributed by atoms with E-state index in [0.717, 1.165) is 23.3 Å². The summed E-state index contributed by atoms with van der Waals surface area (Å²) in [5.41, 5.74) is 2.68. The van der Waals surface area contributed by atoms with E-state index in [4.69, 9.17) is 10.2 Å². The maximum absolute atomic E-state index is 11.9. The minimum absolute atomic E-state index is 0.00305. The highest BCUT2D eigenvalue weighted by atomic mass is 32.2. The van der Waals surface area contributed by atoms with Gasteiger partial charge in [0.05, 0.1) is 11.4 Å². The van der Waals surface area contributed by atoms with E-state index in [0.29, 0.717) is 18.5 Å². The first-order valence-corrected chi connectivity index (χ1v) is 14.4. The number of aliphatic hydroxyl groups is 1. The molecule has 2 aromatic rings. The Labute approximate surface area is 230 Å². The molecule has 2 atom stereocenters. The molecule has 8 heteroatoms. The molecule has 0 aliphatic heterocycles. The molecular weight excluding hydrogens is 502 g/mol. The molecule has 0 saturated carbocycles. The Bertz CT molecular complexity index is 1010. The minimum Gasteiger partial charge on any atom is -0.481 e. The highest BCUT2D eigenvalue weighted by Gasteiger charge is 2.23. The Kier molecular flexibility index (Phi) is 14.6. The van der Waals surface area contributed by atoms with E-state index >= 15 is 0 Å². The molecule has 1 amide bonds. The Morgan fingerprint density at radius 3 is 2.21 bits per heavy atom. The highest BCUT2D eigenvalue weighted by molar-refractivity contribution is 7.99. The lowest BCUT2D eigenvalue weighted by Gasteiger charge is -2.23. The van der Waals surface area contributed by atoms with Crippen LogP contribution in [-0.2, 0) is 20.8 Å². The number of unbranched alkanes of at least 4 members (excludes halogenated alkanes) is 6. The molecule has 38 heavy (non-hydrogen) atoms. The molecule has 4 N–H and O–H groups in total. The predicted molar refractivity (Wildman–Crippen MR) is 152 cm³/mol. The fourth-order valence-electron chi connectivity index (χ4n) is 4.28. The SMILES string of the molecule is CCCCCCCCCc1ccc(C(Sc2cccc(NC(=O)CC(=O)O)c2)C(O)CCCC(=O)O)cc1. The second-order valence-corrected chi connectivity index (χ2v) is 10.9. The van der Waals surface area contributed by atoms with Crippen molar-refractivity contribution in [3.63, 3.8) is 0 Å². The van der Waals surface area contributed by atoms with Gasteiger partial charge in [0.1, 0.15) is 6.42 Å². The maximum atomic E-state index is 11.9. The number of thioether (sulfide) groups is 1. The lowest BCUT2D eigenvalue weighted by atomic mass is 9.99. The van der Waals surface area contributed by atoms with Gasteiger partial charge in [0.15, 0.2) is 0 Å². The Morgan fingerprint density at radius 2 is 1.55 bits per heavy atom. The second-order valence-electron chi connectivity index (χ2n) is 9.65. The number of aliphatic carboxylic acids is 2. The van der Waals surface area contributed by atoms with Gasteiger partial charge in [-0.25, -0.2) is 0 Å². The van der Waals surface area contributed by atoms with E-state index < -0.39 is 30.4 Å². The molecule has 0 aromatic heterocycles. The summed E-state index contributed by atoms with van der Waals surface area (Å²) in [6.07, 6.45) is 9.19. The van der Waals surface area contributed by atoms with Crippen molar-refractivity contribution in [1.82, 2.24) is 0 Å². The third-order valence-corrected chi connectivity index (χ3v) is 7.68.